The van der Waals surface area contributed by atoms with E-state index in [1.807, 2.05) is 0 Å². The van der Waals surface area contributed by atoms with E-state index >= 15 is 0 Å². The van der Waals surface area contributed by atoms with Gasteiger partial charge in [-0.3, -0.25) is 0 Å². The summed E-state index contributed by atoms with van der Waals surface area (Å²) < 4.78 is 4.63. The SMILES string of the molecule is CCO[Si](O)(O)CC. The van der Waals surface area contributed by atoms with Crippen LogP contribution >= 0.6 is 0 Å². The maximum absolute atomic E-state index is 8.80. The third-order valence-electron chi connectivity index (χ3n) is 0.836. The lowest BCUT2D eigenvalue weighted by atomic mass is 10.9. The molecule has 0 rings (SSSR count). The molecule has 0 saturated heterocycles. The second kappa shape index (κ2) is 3.19. The van der Waals surface area contributed by atoms with Gasteiger partial charge >= 0.3 is 8.80 Å². The van der Waals surface area contributed by atoms with Crippen molar-refractivity contribution in [1.29, 1.82) is 0 Å². The van der Waals surface area contributed by atoms with Crippen LogP contribution < -0.4 is 0 Å². The minimum atomic E-state index is -3.18. The normalized spacial score (nSPS) is 12.0. The summed E-state index contributed by atoms with van der Waals surface area (Å²) >= 11 is 0. The number of hydrogen-bond acceptors (Lipinski definition) is 3. The molecule has 4 heteroatoms. The molecule has 0 bridgehead atoms. The third-order valence-corrected chi connectivity index (χ3v) is 2.51. The highest BCUT2D eigenvalue weighted by molar-refractivity contribution is 6.57. The summed E-state index contributed by atoms with van der Waals surface area (Å²) in [5.41, 5.74) is 0. The molecule has 0 saturated carbocycles. The molecule has 0 heterocycles. The van der Waals surface area contributed by atoms with Gasteiger partial charge in [-0.05, 0) is 6.92 Å². The third kappa shape index (κ3) is 3.14. The van der Waals surface area contributed by atoms with Crippen molar-refractivity contribution >= 4 is 8.80 Å². The van der Waals surface area contributed by atoms with Crippen LogP contribution in [0.1, 0.15) is 13.8 Å². The van der Waals surface area contributed by atoms with Crippen LogP contribution in [0.4, 0.5) is 0 Å². The first-order valence-corrected chi connectivity index (χ1v) is 4.72. The van der Waals surface area contributed by atoms with Gasteiger partial charge in [-0.25, -0.2) is 0 Å². The van der Waals surface area contributed by atoms with Crippen LogP contribution in [-0.2, 0) is 4.43 Å². The minimum Gasteiger partial charge on any atom is -0.390 e. The van der Waals surface area contributed by atoms with E-state index in [9.17, 15) is 0 Å². The lowest BCUT2D eigenvalue weighted by Crippen LogP contribution is -2.37. The molecule has 0 aromatic rings. The molecule has 0 aliphatic carbocycles. The average molecular weight is 136 g/mol. The Morgan fingerprint density at radius 3 is 2.00 bits per heavy atom. The van der Waals surface area contributed by atoms with Crippen molar-refractivity contribution in [3.8, 4) is 0 Å². The molecular weight excluding hydrogens is 124 g/mol. The summed E-state index contributed by atoms with van der Waals surface area (Å²) in [5, 5.41) is 0. The van der Waals surface area contributed by atoms with E-state index in [0.717, 1.165) is 0 Å². The first-order chi connectivity index (χ1) is 3.62. The summed E-state index contributed by atoms with van der Waals surface area (Å²) in [5.74, 6) is 0. The predicted molar refractivity (Wildman–Crippen MR) is 32.3 cm³/mol. The predicted octanol–water partition coefficient (Wildman–Crippen LogP) is -0.0337. The Hall–Kier alpha value is 0.0969. The van der Waals surface area contributed by atoms with Gasteiger partial charge in [-0.2, -0.15) is 0 Å². The van der Waals surface area contributed by atoms with Crippen LogP contribution in [0.3, 0.4) is 0 Å². The zero-order valence-electron chi connectivity index (χ0n) is 5.22. The van der Waals surface area contributed by atoms with Crippen molar-refractivity contribution in [3.63, 3.8) is 0 Å². The van der Waals surface area contributed by atoms with Crippen molar-refractivity contribution in [2.45, 2.75) is 19.9 Å². The largest absolute Gasteiger partial charge is 0.495 e. The molecule has 8 heavy (non-hydrogen) atoms. The summed E-state index contributed by atoms with van der Waals surface area (Å²) in [7, 11) is -3.18. The summed E-state index contributed by atoms with van der Waals surface area (Å²) in [6, 6.07) is 0.334. The Morgan fingerprint density at radius 2 is 1.88 bits per heavy atom. The Bertz CT molecular complexity index is 64.3. The second-order valence-corrected chi connectivity index (χ2v) is 4.01. The Kier molecular flexibility index (Phi) is 3.23. The first-order valence-electron chi connectivity index (χ1n) is 2.71. The summed E-state index contributed by atoms with van der Waals surface area (Å²) in [4.78, 5) is 17.6. The minimum absolute atomic E-state index is 0.334. The Morgan fingerprint density at radius 1 is 1.38 bits per heavy atom. The Balaban J connectivity index is 3.37. The van der Waals surface area contributed by atoms with Crippen LogP contribution in [-0.4, -0.2) is 25.0 Å². The van der Waals surface area contributed by atoms with Crippen LogP contribution in [0, 0.1) is 0 Å². The molecule has 0 aromatic carbocycles. The van der Waals surface area contributed by atoms with Crippen LogP contribution in [0.25, 0.3) is 0 Å². The smallest absolute Gasteiger partial charge is 0.390 e. The lowest BCUT2D eigenvalue weighted by molar-refractivity contribution is 0.157. The van der Waals surface area contributed by atoms with Crippen LogP contribution in [0.15, 0.2) is 0 Å². The van der Waals surface area contributed by atoms with Gasteiger partial charge < -0.3 is 14.0 Å². The van der Waals surface area contributed by atoms with E-state index in [0.29, 0.717) is 12.7 Å². The second-order valence-electron chi connectivity index (χ2n) is 1.53. The van der Waals surface area contributed by atoms with Crippen molar-refractivity contribution in [3.05, 3.63) is 0 Å². The zero-order chi connectivity index (χ0) is 6.62. The van der Waals surface area contributed by atoms with E-state index in [-0.39, 0.29) is 0 Å². The van der Waals surface area contributed by atoms with Crippen molar-refractivity contribution < 1.29 is 14.0 Å². The highest BCUT2D eigenvalue weighted by Gasteiger charge is 2.27. The van der Waals surface area contributed by atoms with Gasteiger partial charge in [0.15, 0.2) is 0 Å². The molecule has 0 fully saturated rings. The zero-order valence-corrected chi connectivity index (χ0v) is 6.22. The molecular formula is C4H12O3Si. The number of hydrogen-bond donors (Lipinski definition) is 2. The van der Waals surface area contributed by atoms with E-state index in [1.165, 1.54) is 0 Å². The van der Waals surface area contributed by atoms with Crippen molar-refractivity contribution in [2.24, 2.45) is 0 Å². The number of rotatable bonds is 3. The maximum atomic E-state index is 8.80. The highest BCUT2D eigenvalue weighted by atomic mass is 28.4. The van der Waals surface area contributed by atoms with Gasteiger partial charge in [0.2, 0.25) is 0 Å². The van der Waals surface area contributed by atoms with Gasteiger partial charge in [-0.15, -0.1) is 0 Å². The van der Waals surface area contributed by atoms with Gasteiger partial charge in [-0.1, -0.05) is 6.92 Å². The van der Waals surface area contributed by atoms with Gasteiger partial charge in [0, 0.05) is 12.7 Å². The molecule has 0 aromatic heterocycles. The summed E-state index contributed by atoms with van der Waals surface area (Å²) in [6.07, 6.45) is 0. The quantitative estimate of drug-likeness (QED) is 0.535. The molecule has 0 atom stereocenters. The molecule has 2 N–H and O–H groups in total. The molecule has 0 spiro atoms. The summed E-state index contributed by atoms with van der Waals surface area (Å²) in [6.45, 7) is 3.82. The molecule has 50 valence electrons. The van der Waals surface area contributed by atoms with Gasteiger partial charge in [0.25, 0.3) is 0 Å². The molecule has 0 radical (unpaired) electrons. The van der Waals surface area contributed by atoms with Crippen molar-refractivity contribution in [1.82, 2.24) is 0 Å². The molecule has 0 unspecified atom stereocenters. The fourth-order valence-electron chi connectivity index (χ4n) is 0.333. The van der Waals surface area contributed by atoms with Crippen LogP contribution in [0.5, 0.6) is 0 Å². The monoisotopic (exact) mass is 136 g/mol. The molecule has 3 nitrogen and oxygen atoms in total. The lowest BCUT2D eigenvalue weighted by Gasteiger charge is -2.12. The van der Waals surface area contributed by atoms with E-state index < -0.39 is 8.80 Å². The fraction of sp³-hybridized carbons (Fsp3) is 1.00. The van der Waals surface area contributed by atoms with Crippen molar-refractivity contribution in [2.75, 3.05) is 6.61 Å². The fourth-order valence-corrected chi connectivity index (χ4v) is 1.000. The molecule has 0 aliphatic heterocycles. The van der Waals surface area contributed by atoms with Gasteiger partial charge in [0.1, 0.15) is 0 Å². The van der Waals surface area contributed by atoms with Gasteiger partial charge in [0.05, 0.1) is 0 Å². The average Bonchev–Trinajstić information content (AvgIpc) is 1.67. The maximum Gasteiger partial charge on any atom is 0.495 e. The highest BCUT2D eigenvalue weighted by Crippen LogP contribution is 2.00. The van der Waals surface area contributed by atoms with E-state index in [4.69, 9.17) is 9.59 Å². The first kappa shape index (κ1) is 8.10. The Labute approximate surface area is 50.3 Å². The van der Waals surface area contributed by atoms with E-state index in [2.05, 4.69) is 4.43 Å². The molecule has 0 aliphatic rings. The van der Waals surface area contributed by atoms with E-state index in [1.54, 1.807) is 13.8 Å². The molecule has 0 amide bonds. The standard InChI is InChI=1S/C4H12O3Si/c1-3-7-8(5,6)4-2/h5-6H,3-4H2,1-2H3. The topological polar surface area (TPSA) is 49.7 Å². The van der Waals surface area contributed by atoms with Crippen LogP contribution in [0.2, 0.25) is 6.04 Å².